The van der Waals surface area contributed by atoms with Gasteiger partial charge in [0, 0.05) is 23.3 Å². The maximum absolute atomic E-state index is 6.03. The summed E-state index contributed by atoms with van der Waals surface area (Å²) in [5, 5.41) is 3.38. The summed E-state index contributed by atoms with van der Waals surface area (Å²) in [6.45, 7) is 6.74. The van der Waals surface area contributed by atoms with E-state index in [0.717, 1.165) is 5.82 Å². The Hall–Kier alpha value is -0.670. The van der Waals surface area contributed by atoms with Gasteiger partial charge in [0.15, 0.2) is 0 Å². The maximum Gasteiger partial charge on any atom is 0.141 e. The van der Waals surface area contributed by atoms with Crippen LogP contribution in [0.4, 0.5) is 0 Å². The molecule has 0 aliphatic heterocycles. The molecule has 1 atom stereocenters. The standard InChI is InChI=1S/C10H16ClN3/c1-8(11)10(2,3)14-7-9-12-5-4-6-13-9/h4-6,8,14H,7H2,1-3H3. The summed E-state index contributed by atoms with van der Waals surface area (Å²) in [4.78, 5) is 8.25. The van der Waals surface area contributed by atoms with Crippen LogP contribution in [0.5, 0.6) is 0 Å². The molecule has 0 aliphatic carbocycles. The molecule has 0 saturated heterocycles. The summed E-state index contributed by atoms with van der Waals surface area (Å²) in [6, 6.07) is 1.80. The van der Waals surface area contributed by atoms with Crippen molar-refractivity contribution in [3.8, 4) is 0 Å². The van der Waals surface area contributed by atoms with E-state index in [2.05, 4.69) is 29.1 Å². The summed E-state index contributed by atoms with van der Waals surface area (Å²) in [5.41, 5.74) is -0.110. The van der Waals surface area contributed by atoms with Crippen LogP contribution < -0.4 is 5.32 Å². The third kappa shape index (κ3) is 3.24. The van der Waals surface area contributed by atoms with Crippen molar-refractivity contribution in [3.63, 3.8) is 0 Å². The normalized spacial score (nSPS) is 14.0. The number of hydrogen-bond donors (Lipinski definition) is 1. The zero-order chi connectivity index (χ0) is 10.6. The van der Waals surface area contributed by atoms with Gasteiger partial charge in [-0.3, -0.25) is 0 Å². The van der Waals surface area contributed by atoms with Crippen LogP contribution in [0.15, 0.2) is 18.5 Å². The van der Waals surface area contributed by atoms with Crippen LogP contribution in [0.3, 0.4) is 0 Å². The molecule has 78 valence electrons. The second-order valence-corrected chi connectivity index (χ2v) is 4.51. The second-order valence-electron chi connectivity index (χ2n) is 3.86. The largest absolute Gasteiger partial charge is 0.303 e. The summed E-state index contributed by atoms with van der Waals surface area (Å²) in [7, 11) is 0. The fraction of sp³-hybridized carbons (Fsp3) is 0.600. The first-order chi connectivity index (χ1) is 6.52. The van der Waals surface area contributed by atoms with Crippen LogP contribution in [-0.4, -0.2) is 20.9 Å². The molecule has 1 aromatic rings. The Morgan fingerprint density at radius 1 is 1.43 bits per heavy atom. The lowest BCUT2D eigenvalue weighted by molar-refractivity contribution is 0.375. The number of alkyl halides is 1. The molecular formula is C10H16ClN3. The van der Waals surface area contributed by atoms with Crippen LogP contribution in [0.25, 0.3) is 0 Å². The summed E-state index contributed by atoms with van der Waals surface area (Å²) >= 11 is 6.03. The van der Waals surface area contributed by atoms with Crippen molar-refractivity contribution in [2.45, 2.75) is 38.2 Å². The first-order valence-corrected chi connectivity index (χ1v) is 5.11. The van der Waals surface area contributed by atoms with E-state index in [9.17, 15) is 0 Å². The van der Waals surface area contributed by atoms with Crippen LogP contribution in [0.1, 0.15) is 26.6 Å². The Kier molecular flexibility index (Phi) is 3.84. The number of hydrogen-bond acceptors (Lipinski definition) is 3. The van der Waals surface area contributed by atoms with E-state index in [0.29, 0.717) is 6.54 Å². The number of nitrogens with one attached hydrogen (secondary N) is 1. The SMILES string of the molecule is CC(Cl)C(C)(C)NCc1ncccn1. The summed E-state index contributed by atoms with van der Waals surface area (Å²) in [5.74, 6) is 0.790. The predicted molar refractivity (Wildman–Crippen MR) is 58.3 cm³/mol. The molecule has 1 aromatic heterocycles. The minimum atomic E-state index is -0.110. The zero-order valence-corrected chi connectivity index (χ0v) is 9.54. The molecule has 0 amide bonds. The van der Waals surface area contributed by atoms with Crippen molar-refractivity contribution in [1.82, 2.24) is 15.3 Å². The van der Waals surface area contributed by atoms with Crippen LogP contribution in [-0.2, 0) is 6.54 Å². The van der Waals surface area contributed by atoms with E-state index in [1.54, 1.807) is 18.5 Å². The molecular weight excluding hydrogens is 198 g/mol. The molecule has 0 aliphatic rings. The zero-order valence-electron chi connectivity index (χ0n) is 8.79. The summed E-state index contributed by atoms with van der Waals surface area (Å²) < 4.78 is 0. The molecule has 0 bridgehead atoms. The molecule has 3 nitrogen and oxygen atoms in total. The average Bonchev–Trinajstić information content (AvgIpc) is 2.16. The van der Waals surface area contributed by atoms with Crippen LogP contribution in [0, 0.1) is 0 Å². The third-order valence-electron chi connectivity index (χ3n) is 2.32. The fourth-order valence-electron chi connectivity index (χ4n) is 0.869. The lowest BCUT2D eigenvalue weighted by Crippen LogP contribution is -2.45. The van der Waals surface area contributed by atoms with Gasteiger partial charge in [-0.1, -0.05) is 0 Å². The lowest BCUT2D eigenvalue weighted by atomic mass is 10.0. The predicted octanol–water partition coefficient (Wildman–Crippen LogP) is 1.97. The second kappa shape index (κ2) is 4.71. The highest BCUT2D eigenvalue weighted by Crippen LogP contribution is 2.14. The molecule has 1 rings (SSSR count). The van der Waals surface area contributed by atoms with Gasteiger partial charge in [0.25, 0.3) is 0 Å². The van der Waals surface area contributed by atoms with Gasteiger partial charge in [0.1, 0.15) is 5.82 Å². The molecule has 1 N–H and O–H groups in total. The first kappa shape index (κ1) is 11.4. The first-order valence-electron chi connectivity index (χ1n) is 4.67. The van der Waals surface area contributed by atoms with Gasteiger partial charge < -0.3 is 5.32 Å². The minimum Gasteiger partial charge on any atom is -0.303 e. The Morgan fingerprint density at radius 2 is 2.00 bits per heavy atom. The number of halogens is 1. The van der Waals surface area contributed by atoms with Crippen molar-refractivity contribution >= 4 is 11.6 Å². The lowest BCUT2D eigenvalue weighted by Gasteiger charge is -2.28. The molecule has 0 radical (unpaired) electrons. The van der Waals surface area contributed by atoms with Gasteiger partial charge in [-0.05, 0) is 26.8 Å². The fourth-order valence-corrected chi connectivity index (χ4v) is 0.946. The molecule has 0 saturated carbocycles. The van der Waals surface area contributed by atoms with Gasteiger partial charge in [-0.2, -0.15) is 0 Å². The van der Waals surface area contributed by atoms with E-state index in [1.165, 1.54) is 0 Å². The highest BCUT2D eigenvalue weighted by Gasteiger charge is 2.23. The van der Waals surface area contributed by atoms with Gasteiger partial charge in [0.2, 0.25) is 0 Å². The summed E-state index contributed by atoms with van der Waals surface area (Å²) in [6.07, 6.45) is 3.47. The maximum atomic E-state index is 6.03. The highest BCUT2D eigenvalue weighted by atomic mass is 35.5. The van der Waals surface area contributed by atoms with E-state index in [-0.39, 0.29) is 10.9 Å². The van der Waals surface area contributed by atoms with E-state index >= 15 is 0 Å². The molecule has 14 heavy (non-hydrogen) atoms. The Balaban J connectivity index is 2.49. The van der Waals surface area contributed by atoms with Crippen molar-refractivity contribution < 1.29 is 0 Å². The topological polar surface area (TPSA) is 37.8 Å². The van der Waals surface area contributed by atoms with Crippen molar-refractivity contribution in [2.24, 2.45) is 0 Å². The molecule has 1 heterocycles. The van der Waals surface area contributed by atoms with Crippen molar-refractivity contribution in [3.05, 3.63) is 24.3 Å². The average molecular weight is 214 g/mol. The molecule has 0 aromatic carbocycles. The van der Waals surface area contributed by atoms with E-state index in [4.69, 9.17) is 11.6 Å². The number of nitrogens with zero attached hydrogens (tertiary/aromatic N) is 2. The Labute approximate surface area is 89.9 Å². The van der Waals surface area contributed by atoms with Crippen LogP contribution in [0.2, 0.25) is 0 Å². The number of aromatic nitrogens is 2. The monoisotopic (exact) mass is 213 g/mol. The molecule has 4 heteroatoms. The number of rotatable bonds is 4. The highest BCUT2D eigenvalue weighted by molar-refractivity contribution is 6.21. The third-order valence-corrected chi connectivity index (χ3v) is 2.86. The van der Waals surface area contributed by atoms with E-state index in [1.807, 2.05) is 6.92 Å². The van der Waals surface area contributed by atoms with Gasteiger partial charge in [0.05, 0.1) is 6.54 Å². The minimum absolute atomic E-state index is 0.0613. The molecule has 1 unspecified atom stereocenters. The quantitative estimate of drug-likeness (QED) is 0.778. The Morgan fingerprint density at radius 3 is 2.50 bits per heavy atom. The van der Waals surface area contributed by atoms with Gasteiger partial charge in [-0.15, -0.1) is 11.6 Å². The van der Waals surface area contributed by atoms with Crippen LogP contribution >= 0.6 is 11.6 Å². The van der Waals surface area contributed by atoms with Gasteiger partial charge in [-0.25, -0.2) is 9.97 Å². The smallest absolute Gasteiger partial charge is 0.141 e. The molecule has 0 fully saturated rings. The molecule has 0 spiro atoms. The van der Waals surface area contributed by atoms with Crippen molar-refractivity contribution in [2.75, 3.05) is 0 Å². The van der Waals surface area contributed by atoms with Gasteiger partial charge >= 0.3 is 0 Å². The van der Waals surface area contributed by atoms with E-state index < -0.39 is 0 Å². The van der Waals surface area contributed by atoms with Crippen molar-refractivity contribution in [1.29, 1.82) is 0 Å². The Bertz CT molecular complexity index is 272.